The molecule has 1 aliphatic rings. The number of hydrogen-bond acceptors (Lipinski definition) is 7. The van der Waals surface area contributed by atoms with Gasteiger partial charge in [0.15, 0.2) is 0 Å². The molecule has 1 amide bonds. The molecule has 4 rings (SSSR count). The lowest BCUT2D eigenvalue weighted by molar-refractivity contribution is -0.114. The molecule has 1 aromatic heterocycles. The third-order valence-corrected chi connectivity index (χ3v) is 5.91. The van der Waals surface area contributed by atoms with E-state index in [9.17, 15) is 18.0 Å². The number of nitrogens with two attached hydrogens (primary N) is 1. The third-order valence-electron chi connectivity index (χ3n) is 4.98. The van der Waals surface area contributed by atoms with Crippen LogP contribution in [0.1, 0.15) is 23.0 Å². The number of ether oxygens (including phenoxy) is 1. The van der Waals surface area contributed by atoms with Crippen LogP contribution in [-0.2, 0) is 19.6 Å². The number of amides is 1. The molecule has 0 saturated carbocycles. The van der Waals surface area contributed by atoms with Crippen LogP contribution >= 0.6 is 0 Å². The summed E-state index contributed by atoms with van der Waals surface area (Å²) in [6.07, 6.45) is 1.59. The molecule has 2 heterocycles. The Morgan fingerprint density at radius 2 is 1.73 bits per heavy atom. The van der Waals surface area contributed by atoms with Crippen molar-refractivity contribution in [2.75, 3.05) is 12.1 Å². The molecule has 10 heteroatoms. The van der Waals surface area contributed by atoms with Gasteiger partial charge in [-0.1, -0.05) is 12.1 Å². The fraction of sp³-hybridized carbons (Fsp3) is 0.0870. The minimum atomic E-state index is -3.83. The van der Waals surface area contributed by atoms with Gasteiger partial charge in [-0.05, 0) is 61.5 Å². The molecule has 0 unspecified atom stereocenters. The molecule has 9 nitrogen and oxygen atoms in total. The molecule has 3 aromatic rings. The molecule has 0 bridgehead atoms. The summed E-state index contributed by atoms with van der Waals surface area (Å²) in [5.74, 6) is 0.209. The smallest absolute Gasteiger partial charge is 0.337 e. The number of esters is 1. The first-order valence-electron chi connectivity index (χ1n) is 9.70. The summed E-state index contributed by atoms with van der Waals surface area (Å²) in [5.41, 5.74) is 2.41. The maximum absolute atomic E-state index is 12.9. The molecule has 0 radical (unpaired) electrons. The zero-order valence-electron chi connectivity index (χ0n) is 17.7. The van der Waals surface area contributed by atoms with Crippen LogP contribution in [0.4, 0.5) is 5.69 Å². The van der Waals surface area contributed by atoms with Crippen LogP contribution in [0.3, 0.4) is 0 Å². The molecular weight excluding hydrogens is 446 g/mol. The van der Waals surface area contributed by atoms with Crippen molar-refractivity contribution in [1.29, 1.82) is 0 Å². The van der Waals surface area contributed by atoms with Gasteiger partial charge in [0.25, 0.3) is 5.91 Å². The van der Waals surface area contributed by atoms with Gasteiger partial charge in [0.2, 0.25) is 10.0 Å². The van der Waals surface area contributed by atoms with E-state index in [1.54, 1.807) is 49.4 Å². The Morgan fingerprint density at radius 1 is 1.06 bits per heavy atom. The van der Waals surface area contributed by atoms with Gasteiger partial charge in [-0.15, -0.1) is 0 Å². The Labute approximate surface area is 189 Å². The highest BCUT2D eigenvalue weighted by molar-refractivity contribution is 7.89. The number of rotatable bonds is 5. The number of carbonyl (C=O) groups is 2. The van der Waals surface area contributed by atoms with E-state index in [-0.39, 0.29) is 10.8 Å². The van der Waals surface area contributed by atoms with Crippen molar-refractivity contribution in [2.45, 2.75) is 11.8 Å². The molecule has 33 heavy (non-hydrogen) atoms. The van der Waals surface area contributed by atoms with Crippen molar-refractivity contribution in [3.05, 3.63) is 77.6 Å². The normalized spacial score (nSPS) is 15.1. The second-order valence-electron chi connectivity index (χ2n) is 7.17. The van der Waals surface area contributed by atoms with E-state index in [4.69, 9.17) is 14.3 Å². The van der Waals surface area contributed by atoms with Gasteiger partial charge in [0, 0.05) is 5.56 Å². The molecular formula is C23H19N3O6S. The van der Waals surface area contributed by atoms with Crippen LogP contribution in [0.5, 0.6) is 0 Å². The number of benzene rings is 2. The quantitative estimate of drug-likeness (QED) is 0.455. The molecule has 2 N–H and O–H groups in total. The molecule has 2 aromatic carbocycles. The molecule has 0 atom stereocenters. The number of methoxy groups -OCH3 is 1. The maximum Gasteiger partial charge on any atom is 0.337 e. The number of carbonyl (C=O) groups excluding carboxylic acids is 2. The highest BCUT2D eigenvalue weighted by Gasteiger charge is 2.29. The first-order valence-corrected chi connectivity index (χ1v) is 11.2. The van der Waals surface area contributed by atoms with Crippen LogP contribution in [0.2, 0.25) is 0 Å². The lowest BCUT2D eigenvalue weighted by Gasteiger charge is -2.11. The summed E-state index contributed by atoms with van der Waals surface area (Å²) in [7, 11) is -2.52. The van der Waals surface area contributed by atoms with Gasteiger partial charge in [-0.3, -0.25) is 4.79 Å². The third kappa shape index (κ3) is 4.47. The summed E-state index contributed by atoms with van der Waals surface area (Å²) in [6.45, 7) is 1.69. The van der Waals surface area contributed by atoms with E-state index >= 15 is 0 Å². The second-order valence-corrected chi connectivity index (χ2v) is 8.73. The molecule has 0 aliphatic carbocycles. The number of furan rings is 1. The standard InChI is InChI=1S/C23H19N3O6S/c1-14-20(22(27)26(25-14)17-7-10-19(11-8-17)33(24,29)30)13-18-9-12-21(32-18)15-3-5-16(6-4-15)23(28)31-2/h3-13H,1-2H3,(H2,24,29,30)/b20-13+. The minimum Gasteiger partial charge on any atom is -0.465 e. The van der Waals surface area contributed by atoms with Gasteiger partial charge in [-0.2, -0.15) is 10.1 Å². The topological polar surface area (TPSA) is 132 Å². The SMILES string of the molecule is COC(=O)c1ccc(-c2ccc(/C=C3/C(=O)N(c4ccc(S(N)(=O)=O)cc4)N=C3C)o2)cc1. The van der Waals surface area contributed by atoms with E-state index in [0.717, 1.165) is 5.56 Å². The number of primary sulfonamides is 1. The number of hydrogen-bond donors (Lipinski definition) is 1. The lowest BCUT2D eigenvalue weighted by Crippen LogP contribution is -2.21. The summed E-state index contributed by atoms with van der Waals surface area (Å²) in [4.78, 5) is 24.4. The molecule has 168 valence electrons. The van der Waals surface area contributed by atoms with Crippen molar-refractivity contribution >= 4 is 39.4 Å². The Bertz CT molecular complexity index is 1400. The first-order chi connectivity index (χ1) is 15.7. The fourth-order valence-corrected chi connectivity index (χ4v) is 3.77. The predicted octanol–water partition coefficient (Wildman–Crippen LogP) is 3.19. The number of anilines is 1. The van der Waals surface area contributed by atoms with Crippen molar-refractivity contribution < 1.29 is 27.2 Å². The average molecular weight is 465 g/mol. The second kappa shape index (κ2) is 8.49. The monoisotopic (exact) mass is 465 g/mol. The molecule has 0 fully saturated rings. The van der Waals surface area contributed by atoms with E-state index in [1.165, 1.54) is 36.4 Å². The van der Waals surface area contributed by atoms with Crippen LogP contribution in [0.15, 0.2) is 80.7 Å². The number of sulfonamides is 1. The van der Waals surface area contributed by atoms with Gasteiger partial charge in [0.1, 0.15) is 11.5 Å². The van der Waals surface area contributed by atoms with Gasteiger partial charge < -0.3 is 9.15 Å². The van der Waals surface area contributed by atoms with Gasteiger partial charge in [0.05, 0.1) is 34.5 Å². The molecule has 1 aliphatic heterocycles. The first kappa shape index (κ1) is 22.2. The van der Waals surface area contributed by atoms with Crippen molar-refractivity contribution in [1.82, 2.24) is 0 Å². The van der Waals surface area contributed by atoms with Crippen LogP contribution < -0.4 is 10.1 Å². The minimum absolute atomic E-state index is 0.0582. The van der Waals surface area contributed by atoms with E-state index in [2.05, 4.69) is 5.10 Å². The summed E-state index contributed by atoms with van der Waals surface area (Å²) < 4.78 is 33.4. The Hall–Kier alpha value is -4.02. The van der Waals surface area contributed by atoms with Crippen molar-refractivity contribution in [2.24, 2.45) is 10.2 Å². The zero-order valence-corrected chi connectivity index (χ0v) is 18.5. The van der Waals surface area contributed by atoms with Crippen LogP contribution in [0.25, 0.3) is 17.4 Å². The largest absolute Gasteiger partial charge is 0.465 e. The van der Waals surface area contributed by atoms with Gasteiger partial charge >= 0.3 is 5.97 Å². The Kier molecular flexibility index (Phi) is 5.71. The van der Waals surface area contributed by atoms with Crippen LogP contribution in [0, 0.1) is 0 Å². The summed E-state index contributed by atoms with van der Waals surface area (Å²) in [5, 5.41) is 10.6. The summed E-state index contributed by atoms with van der Waals surface area (Å²) in [6, 6.07) is 15.8. The Balaban J connectivity index is 1.56. The average Bonchev–Trinajstić information content (AvgIpc) is 3.38. The molecule has 0 saturated heterocycles. The zero-order chi connectivity index (χ0) is 23.8. The summed E-state index contributed by atoms with van der Waals surface area (Å²) >= 11 is 0. The predicted molar refractivity (Wildman–Crippen MR) is 122 cm³/mol. The Morgan fingerprint density at radius 3 is 2.33 bits per heavy atom. The van der Waals surface area contributed by atoms with Crippen molar-refractivity contribution in [3.8, 4) is 11.3 Å². The lowest BCUT2D eigenvalue weighted by atomic mass is 10.1. The van der Waals surface area contributed by atoms with Crippen LogP contribution in [-0.4, -0.2) is 33.1 Å². The number of hydrazone groups is 1. The van der Waals surface area contributed by atoms with E-state index < -0.39 is 16.0 Å². The molecule has 0 spiro atoms. The highest BCUT2D eigenvalue weighted by atomic mass is 32.2. The fourth-order valence-electron chi connectivity index (χ4n) is 3.25. The maximum atomic E-state index is 12.9. The van der Waals surface area contributed by atoms with Crippen molar-refractivity contribution in [3.63, 3.8) is 0 Å². The van der Waals surface area contributed by atoms with E-state index in [0.29, 0.717) is 34.1 Å². The van der Waals surface area contributed by atoms with Gasteiger partial charge in [-0.25, -0.2) is 18.4 Å². The van der Waals surface area contributed by atoms with E-state index in [1.807, 2.05) is 0 Å². The highest BCUT2D eigenvalue weighted by Crippen LogP contribution is 2.28. The number of nitrogens with zero attached hydrogens (tertiary/aromatic N) is 2.